The van der Waals surface area contributed by atoms with Crippen LogP contribution in [0.3, 0.4) is 0 Å². The van der Waals surface area contributed by atoms with E-state index in [1.165, 1.54) is 19.4 Å². The second-order valence-corrected chi connectivity index (χ2v) is 9.79. The number of carbonyl (C=O) groups is 1. The number of rotatable bonds is 8. The number of aryl methyl sites for hydroxylation is 1. The minimum absolute atomic E-state index is 0.0443. The Bertz CT molecular complexity index is 793. The van der Waals surface area contributed by atoms with Gasteiger partial charge < -0.3 is 19.4 Å². The zero-order valence-corrected chi connectivity index (χ0v) is 19.5. The standard InChI is InChI=1S/C25H37F2N3O2/c1-19-17-21(6-8-23(19)32-16-4-13-29-12-3-5-20(29)2)30-22(7-9-24(30)31)18-28-14-10-25(26,27)11-15-28/h6,8,17,20,22H,3-5,7,9-16,18H2,1-2H3. The van der Waals surface area contributed by atoms with Gasteiger partial charge >= 0.3 is 0 Å². The van der Waals surface area contributed by atoms with E-state index < -0.39 is 5.92 Å². The van der Waals surface area contributed by atoms with Gasteiger partial charge in [-0.05, 0) is 69.8 Å². The number of likely N-dealkylation sites (tertiary alicyclic amines) is 2. The van der Waals surface area contributed by atoms with Crippen LogP contribution in [0.15, 0.2) is 18.2 Å². The molecule has 0 saturated carbocycles. The molecule has 0 bridgehead atoms. The summed E-state index contributed by atoms with van der Waals surface area (Å²) in [6, 6.07) is 6.68. The molecule has 3 fully saturated rings. The smallest absolute Gasteiger partial charge is 0.250 e. The quantitative estimate of drug-likeness (QED) is 0.549. The maximum atomic E-state index is 13.5. The maximum absolute atomic E-state index is 13.5. The summed E-state index contributed by atoms with van der Waals surface area (Å²) < 4.78 is 33.0. The average Bonchev–Trinajstić information content (AvgIpc) is 3.33. The van der Waals surface area contributed by atoms with Gasteiger partial charge in [0.25, 0.3) is 5.92 Å². The first-order chi connectivity index (χ1) is 15.3. The van der Waals surface area contributed by atoms with Crippen molar-refractivity contribution >= 4 is 11.6 Å². The summed E-state index contributed by atoms with van der Waals surface area (Å²) in [7, 11) is 0. The lowest BCUT2D eigenvalue weighted by atomic mass is 10.1. The summed E-state index contributed by atoms with van der Waals surface area (Å²) in [5, 5.41) is 0. The number of nitrogens with zero attached hydrogens (tertiary/aromatic N) is 3. The van der Waals surface area contributed by atoms with Crippen LogP contribution in [0.2, 0.25) is 0 Å². The summed E-state index contributed by atoms with van der Waals surface area (Å²) in [5.41, 5.74) is 1.91. The summed E-state index contributed by atoms with van der Waals surface area (Å²) in [4.78, 5) is 19.1. The van der Waals surface area contributed by atoms with Crippen LogP contribution in [0, 0.1) is 6.92 Å². The largest absolute Gasteiger partial charge is 0.493 e. The Hall–Kier alpha value is -1.73. The number of hydrogen-bond acceptors (Lipinski definition) is 4. The first-order valence-electron chi connectivity index (χ1n) is 12.2. The van der Waals surface area contributed by atoms with Gasteiger partial charge in [-0.2, -0.15) is 0 Å². The van der Waals surface area contributed by atoms with Crippen LogP contribution >= 0.6 is 0 Å². The molecule has 32 heavy (non-hydrogen) atoms. The summed E-state index contributed by atoms with van der Waals surface area (Å²) >= 11 is 0. The van der Waals surface area contributed by atoms with Crippen molar-refractivity contribution in [2.45, 2.75) is 76.8 Å². The minimum atomic E-state index is -2.54. The van der Waals surface area contributed by atoms with Crippen LogP contribution < -0.4 is 9.64 Å². The molecule has 3 aliphatic rings. The summed E-state index contributed by atoms with van der Waals surface area (Å²) in [6.45, 7) is 8.72. The van der Waals surface area contributed by atoms with Crippen LogP contribution in [-0.2, 0) is 4.79 Å². The fraction of sp³-hybridized carbons (Fsp3) is 0.720. The summed E-state index contributed by atoms with van der Waals surface area (Å²) in [5.74, 6) is -1.56. The molecule has 178 valence electrons. The number of ether oxygens (including phenoxy) is 1. The molecule has 2 atom stereocenters. The van der Waals surface area contributed by atoms with Crippen molar-refractivity contribution in [3.63, 3.8) is 0 Å². The van der Waals surface area contributed by atoms with E-state index in [1.54, 1.807) is 0 Å². The number of halogens is 2. The minimum Gasteiger partial charge on any atom is -0.493 e. The number of alkyl halides is 2. The monoisotopic (exact) mass is 449 g/mol. The highest BCUT2D eigenvalue weighted by molar-refractivity contribution is 5.96. The molecule has 5 nitrogen and oxygen atoms in total. The van der Waals surface area contributed by atoms with Gasteiger partial charge in [-0.25, -0.2) is 8.78 Å². The Morgan fingerprint density at radius 1 is 1.16 bits per heavy atom. The van der Waals surface area contributed by atoms with E-state index in [0.717, 1.165) is 36.4 Å². The molecule has 3 heterocycles. The van der Waals surface area contributed by atoms with Gasteiger partial charge in [0.15, 0.2) is 0 Å². The van der Waals surface area contributed by atoms with Crippen LogP contribution in [0.25, 0.3) is 0 Å². The molecule has 2 unspecified atom stereocenters. The van der Waals surface area contributed by atoms with Gasteiger partial charge in [0.1, 0.15) is 5.75 Å². The molecule has 0 radical (unpaired) electrons. The molecule has 0 spiro atoms. The van der Waals surface area contributed by atoms with Gasteiger partial charge in [-0.3, -0.25) is 4.79 Å². The number of piperidine rings is 1. The van der Waals surface area contributed by atoms with E-state index in [2.05, 4.69) is 16.7 Å². The molecule has 0 aliphatic carbocycles. The predicted molar refractivity (Wildman–Crippen MR) is 123 cm³/mol. The fourth-order valence-electron chi connectivity index (χ4n) is 5.35. The Balaban J connectivity index is 1.31. The number of amides is 1. The lowest BCUT2D eigenvalue weighted by Gasteiger charge is -2.35. The lowest BCUT2D eigenvalue weighted by molar-refractivity contribution is -0.117. The van der Waals surface area contributed by atoms with E-state index >= 15 is 0 Å². The molecule has 1 aromatic carbocycles. The average molecular weight is 450 g/mol. The highest BCUT2D eigenvalue weighted by atomic mass is 19.3. The van der Waals surface area contributed by atoms with Gasteiger partial charge in [0.2, 0.25) is 5.91 Å². The summed E-state index contributed by atoms with van der Waals surface area (Å²) in [6.07, 6.45) is 4.71. The van der Waals surface area contributed by atoms with Crippen LogP contribution in [0.1, 0.15) is 57.4 Å². The Labute approximate surface area is 190 Å². The number of hydrogen-bond donors (Lipinski definition) is 0. The number of anilines is 1. The second kappa shape index (κ2) is 10.0. The van der Waals surface area contributed by atoms with Crippen LogP contribution in [0.4, 0.5) is 14.5 Å². The molecule has 3 saturated heterocycles. The molecule has 1 amide bonds. The molecule has 7 heteroatoms. The van der Waals surface area contributed by atoms with Crippen LogP contribution in [0.5, 0.6) is 5.75 Å². The molecule has 0 N–H and O–H groups in total. The van der Waals surface area contributed by atoms with Crippen LogP contribution in [-0.4, -0.2) is 73.0 Å². The molecular weight excluding hydrogens is 412 g/mol. The second-order valence-electron chi connectivity index (χ2n) is 9.79. The SMILES string of the molecule is Cc1cc(N2C(=O)CCC2CN2CCC(F)(F)CC2)ccc1OCCCN1CCCC1C. The van der Waals surface area contributed by atoms with E-state index in [1.807, 2.05) is 30.0 Å². The first kappa shape index (κ1) is 23.4. The zero-order chi connectivity index (χ0) is 22.7. The van der Waals surface area contributed by atoms with Crippen molar-refractivity contribution < 1.29 is 18.3 Å². The van der Waals surface area contributed by atoms with E-state index in [0.29, 0.717) is 38.7 Å². The Kier molecular flexibility index (Phi) is 7.35. The highest BCUT2D eigenvalue weighted by Gasteiger charge is 2.38. The molecular formula is C25H37F2N3O2. The van der Waals surface area contributed by atoms with Crippen molar-refractivity contribution in [3.05, 3.63) is 23.8 Å². The molecule has 0 aromatic heterocycles. The number of carbonyl (C=O) groups excluding carboxylic acids is 1. The van der Waals surface area contributed by atoms with E-state index in [4.69, 9.17) is 4.74 Å². The highest BCUT2D eigenvalue weighted by Crippen LogP contribution is 2.33. The molecule has 3 aliphatic heterocycles. The van der Waals surface area contributed by atoms with Crippen molar-refractivity contribution in [1.82, 2.24) is 9.80 Å². The third kappa shape index (κ3) is 5.60. The normalized spacial score (nSPS) is 26.8. The van der Waals surface area contributed by atoms with Gasteiger partial charge in [-0.15, -0.1) is 0 Å². The molecule has 1 aromatic rings. The first-order valence-corrected chi connectivity index (χ1v) is 12.2. The van der Waals surface area contributed by atoms with Crippen molar-refractivity contribution in [2.24, 2.45) is 0 Å². The van der Waals surface area contributed by atoms with E-state index in [-0.39, 0.29) is 24.8 Å². The predicted octanol–water partition coefficient (Wildman–Crippen LogP) is 4.47. The van der Waals surface area contributed by atoms with Gasteiger partial charge in [0, 0.05) is 57.2 Å². The maximum Gasteiger partial charge on any atom is 0.250 e. The van der Waals surface area contributed by atoms with Crippen molar-refractivity contribution in [1.29, 1.82) is 0 Å². The van der Waals surface area contributed by atoms with Crippen molar-refractivity contribution in [3.8, 4) is 5.75 Å². The third-order valence-electron chi connectivity index (χ3n) is 7.36. The van der Waals surface area contributed by atoms with Gasteiger partial charge in [0.05, 0.1) is 12.6 Å². The number of benzene rings is 1. The third-order valence-corrected chi connectivity index (χ3v) is 7.36. The Morgan fingerprint density at radius 2 is 1.94 bits per heavy atom. The molecule has 4 rings (SSSR count). The Morgan fingerprint density at radius 3 is 2.62 bits per heavy atom. The zero-order valence-electron chi connectivity index (χ0n) is 19.5. The lowest BCUT2D eigenvalue weighted by Crippen LogP contribution is -2.46. The van der Waals surface area contributed by atoms with E-state index in [9.17, 15) is 13.6 Å². The van der Waals surface area contributed by atoms with Gasteiger partial charge in [-0.1, -0.05) is 0 Å². The topological polar surface area (TPSA) is 36.0 Å². The van der Waals surface area contributed by atoms with Crippen molar-refractivity contribution in [2.75, 3.05) is 44.2 Å². The fourth-order valence-corrected chi connectivity index (χ4v) is 5.35.